The number of rotatable bonds is 2. The van der Waals surface area contributed by atoms with Gasteiger partial charge in [0.05, 0.1) is 11.3 Å². The minimum Gasteiger partial charge on any atom is -0.334 e. The van der Waals surface area contributed by atoms with Crippen LogP contribution >= 0.6 is 0 Å². The second-order valence-corrected chi connectivity index (χ2v) is 4.48. The summed E-state index contributed by atoms with van der Waals surface area (Å²) in [6, 6.07) is 1.04. The van der Waals surface area contributed by atoms with Crippen LogP contribution in [0.1, 0.15) is 12.0 Å². The lowest BCUT2D eigenvalue weighted by Gasteiger charge is -2.14. The highest BCUT2D eigenvalue weighted by Crippen LogP contribution is 2.31. The molecule has 0 bridgehead atoms. The van der Waals surface area contributed by atoms with Gasteiger partial charge in [0, 0.05) is 12.6 Å². The number of hydrogen-bond donors (Lipinski definition) is 3. The number of carbonyl (C=O) groups excluding carboxylic acids is 1. The summed E-state index contributed by atoms with van der Waals surface area (Å²) in [5.74, 6) is -0.919. The van der Waals surface area contributed by atoms with Gasteiger partial charge in [-0.15, -0.1) is 0 Å². The Kier molecular flexibility index (Phi) is 4.12. The van der Waals surface area contributed by atoms with E-state index in [2.05, 4.69) is 16.0 Å². The van der Waals surface area contributed by atoms with E-state index in [0.29, 0.717) is 24.7 Å². The second-order valence-electron chi connectivity index (χ2n) is 4.48. The van der Waals surface area contributed by atoms with Gasteiger partial charge in [-0.25, -0.2) is 9.18 Å². The van der Waals surface area contributed by atoms with Crippen LogP contribution in [0.25, 0.3) is 0 Å². The summed E-state index contributed by atoms with van der Waals surface area (Å²) in [6.07, 6.45) is -3.87. The molecule has 0 saturated carbocycles. The lowest BCUT2D eigenvalue weighted by Crippen LogP contribution is -2.39. The van der Waals surface area contributed by atoms with Crippen molar-refractivity contribution in [2.24, 2.45) is 0 Å². The average molecular weight is 291 g/mol. The topological polar surface area (TPSA) is 53.2 Å². The van der Waals surface area contributed by atoms with Crippen molar-refractivity contribution < 1.29 is 22.4 Å². The number of nitrogens with one attached hydrogen (secondary N) is 3. The predicted molar refractivity (Wildman–Crippen MR) is 64.8 cm³/mol. The van der Waals surface area contributed by atoms with Crippen molar-refractivity contribution in [3.63, 3.8) is 0 Å². The normalized spacial score (nSPS) is 18.9. The third-order valence-corrected chi connectivity index (χ3v) is 2.94. The van der Waals surface area contributed by atoms with Crippen molar-refractivity contribution in [1.82, 2.24) is 10.6 Å². The van der Waals surface area contributed by atoms with E-state index in [1.165, 1.54) is 0 Å². The van der Waals surface area contributed by atoms with Crippen molar-refractivity contribution in [1.29, 1.82) is 0 Å². The Morgan fingerprint density at radius 1 is 1.35 bits per heavy atom. The molecule has 1 aromatic rings. The zero-order valence-corrected chi connectivity index (χ0v) is 10.4. The molecule has 3 N–H and O–H groups in total. The zero-order valence-electron chi connectivity index (χ0n) is 10.4. The van der Waals surface area contributed by atoms with Crippen LogP contribution in [-0.2, 0) is 6.18 Å². The maximum Gasteiger partial charge on any atom is 0.416 e. The Labute approximate surface area is 112 Å². The van der Waals surface area contributed by atoms with Crippen LogP contribution in [0.5, 0.6) is 0 Å². The molecule has 0 spiro atoms. The Bertz CT molecular complexity index is 498. The minimum absolute atomic E-state index is 0.108. The molecule has 110 valence electrons. The van der Waals surface area contributed by atoms with E-state index in [-0.39, 0.29) is 6.04 Å². The van der Waals surface area contributed by atoms with Crippen LogP contribution in [0.3, 0.4) is 0 Å². The standard InChI is InChI=1S/C12H13F4N3O/c13-9-2-1-7(12(14,15)16)5-10(9)19-11(20)18-8-3-4-17-6-8/h1-2,5,8,17H,3-4,6H2,(H2,18,19,20)/t8-/m1/s1. The van der Waals surface area contributed by atoms with Crippen LogP contribution in [0.15, 0.2) is 18.2 Å². The average Bonchev–Trinajstić information content (AvgIpc) is 2.83. The molecule has 1 aliphatic rings. The first-order valence-corrected chi connectivity index (χ1v) is 6.01. The summed E-state index contributed by atoms with van der Waals surface area (Å²) < 4.78 is 50.9. The van der Waals surface area contributed by atoms with Crippen LogP contribution in [-0.4, -0.2) is 25.2 Å². The van der Waals surface area contributed by atoms with Gasteiger partial charge in [-0.3, -0.25) is 0 Å². The number of carbonyl (C=O) groups is 1. The molecule has 2 rings (SSSR count). The van der Waals surface area contributed by atoms with Crippen molar-refractivity contribution in [2.45, 2.75) is 18.6 Å². The molecular weight excluding hydrogens is 278 g/mol. The van der Waals surface area contributed by atoms with Gasteiger partial charge in [-0.1, -0.05) is 0 Å². The van der Waals surface area contributed by atoms with Crippen molar-refractivity contribution in [2.75, 3.05) is 18.4 Å². The molecule has 8 heteroatoms. The number of hydrogen-bond acceptors (Lipinski definition) is 2. The molecule has 1 saturated heterocycles. The lowest BCUT2D eigenvalue weighted by atomic mass is 10.2. The first-order valence-electron chi connectivity index (χ1n) is 6.01. The van der Waals surface area contributed by atoms with Gasteiger partial charge in [-0.2, -0.15) is 13.2 Å². The summed E-state index contributed by atoms with van der Waals surface area (Å²) in [5.41, 5.74) is -1.51. The van der Waals surface area contributed by atoms with E-state index >= 15 is 0 Å². The van der Waals surface area contributed by atoms with Crippen LogP contribution in [0.2, 0.25) is 0 Å². The van der Waals surface area contributed by atoms with Crippen molar-refractivity contribution >= 4 is 11.7 Å². The van der Waals surface area contributed by atoms with E-state index in [0.717, 1.165) is 13.0 Å². The summed E-state index contributed by atoms with van der Waals surface area (Å²) in [7, 11) is 0. The molecular formula is C12H13F4N3O. The van der Waals surface area contributed by atoms with Crippen molar-refractivity contribution in [3.05, 3.63) is 29.6 Å². The third-order valence-electron chi connectivity index (χ3n) is 2.94. The van der Waals surface area contributed by atoms with Crippen molar-refractivity contribution in [3.8, 4) is 0 Å². The smallest absolute Gasteiger partial charge is 0.334 e. The Balaban J connectivity index is 2.06. The number of anilines is 1. The fourth-order valence-corrected chi connectivity index (χ4v) is 1.92. The van der Waals surface area contributed by atoms with E-state index in [1.54, 1.807) is 0 Å². The summed E-state index contributed by atoms with van der Waals surface area (Å²) in [5, 5.41) is 7.67. The number of amides is 2. The van der Waals surface area contributed by atoms with Crippen LogP contribution in [0, 0.1) is 5.82 Å². The Hall–Kier alpha value is -1.83. The van der Waals surface area contributed by atoms with Gasteiger partial charge in [-0.05, 0) is 31.2 Å². The predicted octanol–water partition coefficient (Wildman–Crippen LogP) is 2.33. The molecule has 0 unspecified atom stereocenters. The van der Waals surface area contributed by atoms with E-state index in [4.69, 9.17) is 0 Å². The first-order chi connectivity index (χ1) is 9.36. The molecule has 1 heterocycles. The quantitative estimate of drug-likeness (QED) is 0.733. The second kappa shape index (κ2) is 5.66. The van der Waals surface area contributed by atoms with Crippen LogP contribution < -0.4 is 16.0 Å². The minimum atomic E-state index is -4.59. The van der Waals surface area contributed by atoms with Gasteiger partial charge in [0.1, 0.15) is 5.82 Å². The highest BCUT2D eigenvalue weighted by Gasteiger charge is 2.31. The van der Waals surface area contributed by atoms with Gasteiger partial charge >= 0.3 is 12.2 Å². The highest BCUT2D eigenvalue weighted by atomic mass is 19.4. The van der Waals surface area contributed by atoms with E-state index in [1.807, 2.05) is 0 Å². The Morgan fingerprint density at radius 3 is 2.70 bits per heavy atom. The molecule has 1 atom stereocenters. The highest BCUT2D eigenvalue weighted by molar-refractivity contribution is 5.89. The van der Waals surface area contributed by atoms with E-state index in [9.17, 15) is 22.4 Å². The lowest BCUT2D eigenvalue weighted by molar-refractivity contribution is -0.137. The summed E-state index contributed by atoms with van der Waals surface area (Å²) >= 11 is 0. The molecule has 0 radical (unpaired) electrons. The number of alkyl halides is 3. The maximum absolute atomic E-state index is 13.4. The molecule has 0 aliphatic carbocycles. The molecule has 2 amide bonds. The monoisotopic (exact) mass is 291 g/mol. The number of benzene rings is 1. The summed E-state index contributed by atoms with van der Waals surface area (Å²) in [4.78, 5) is 11.6. The van der Waals surface area contributed by atoms with Gasteiger partial charge in [0.2, 0.25) is 0 Å². The number of urea groups is 1. The third kappa shape index (κ3) is 3.60. The largest absolute Gasteiger partial charge is 0.416 e. The molecule has 20 heavy (non-hydrogen) atoms. The first kappa shape index (κ1) is 14.6. The summed E-state index contributed by atoms with van der Waals surface area (Å²) in [6.45, 7) is 1.33. The molecule has 1 aliphatic heterocycles. The van der Waals surface area contributed by atoms with Gasteiger partial charge < -0.3 is 16.0 Å². The number of halogens is 4. The zero-order chi connectivity index (χ0) is 14.8. The molecule has 4 nitrogen and oxygen atoms in total. The van der Waals surface area contributed by atoms with Crippen LogP contribution in [0.4, 0.5) is 28.0 Å². The fourth-order valence-electron chi connectivity index (χ4n) is 1.92. The Morgan fingerprint density at radius 2 is 2.10 bits per heavy atom. The van der Waals surface area contributed by atoms with Gasteiger partial charge in [0.15, 0.2) is 0 Å². The fraction of sp³-hybridized carbons (Fsp3) is 0.417. The molecule has 0 aromatic heterocycles. The molecule has 1 aromatic carbocycles. The maximum atomic E-state index is 13.4. The molecule has 1 fully saturated rings. The van der Waals surface area contributed by atoms with E-state index < -0.39 is 29.3 Å². The SMILES string of the molecule is O=C(Nc1cc(C(F)(F)F)ccc1F)N[C@@H]1CCNC1. The van der Waals surface area contributed by atoms with Gasteiger partial charge in [0.25, 0.3) is 0 Å².